The molecule has 0 unspecified atom stereocenters. The van der Waals surface area contributed by atoms with Gasteiger partial charge in [0.15, 0.2) is 0 Å². The number of aryl methyl sites for hydroxylation is 1. The highest BCUT2D eigenvalue weighted by molar-refractivity contribution is 7.03. The van der Waals surface area contributed by atoms with Crippen molar-refractivity contribution < 1.29 is 9.53 Å². The summed E-state index contributed by atoms with van der Waals surface area (Å²) in [6, 6.07) is 7.89. The van der Waals surface area contributed by atoms with Gasteiger partial charge >= 0.3 is 0 Å². The number of likely N-dealkylation sites (tertiary alicyclic amines) is 1. The van der Waals surface area contributed by atoms with Crippen molar-refractivity contribution in [1.29, 1.82) is 0 Å². The summed E-state index contributed by atoms with van der Waals surface area (Å²) in [5.41, 5.74) is 2.55. The fourth-order valence-electron chi connectivity index (χ4n) is 3.04. The highest BCUT2D eigenvalue weighted by atomic mass is 32.1. The molecule has 0 radical (unpaired) electrons. The molecule has 0 saturated carbocycles. The number of carbonyl (C=O) groups is 1. The summed E-state index contributed by atoms with van der Waals surface area (Å²) in [4.78, 5) is 15.0. The van der Waals surface area contributed by atoms with Gasteiger partial charge in [0, 0.05) is 11.9 Å². The lowest BCUT2D eigenvalue weighted by molar-refractivity contribution is 0.0927. The van der Waals surface area contributed by atoms with E-state index in [1.165, 1.54) is 24.4 Å². The van der Waals surface area contributed by atoms with Crippen molar-refractivity contribution in [2.75, 3.05) is 26.7 Å². The molecular formula is C18H23N3O2S. The molecule has 1 aliphatic rings. The Bertz CT molecular complexity index is 678. The number of ether oxygens (including phenoxy) is 1. The number of aromatic nitrogens is 1. The van der Waals surface area contributed by atoms with Crippen LogP contribution < -0.4 is 10.1 Å². The van der Waals surface area contributed by atoms with E-state index < -0.39 is 0 Å². The lowest BCUT2D eigenvalue weighted by Crippen LogP contribution is -2.37. The van der Waals surface area contributed by atoms with Gasteiger partial charge in [0.05, 0.1) is 24.4 Å². The van der Waals surface area contributed by atoms with E-state index in [4.69, 9.17) is 4.74 Å². The Morgan fingerprint density at radius 1 is 1.33 bits per heavy atom. The van der Waals surface area contributed by atoms with Crippen LogP contribution in [0.3, 0.4) is 0 Å². The van der Waals surface area contributed by atoms with Crippen LogP contribution in [0.5, 0.6) is 5.75 Å². The number of amides is 1. The average Bonchev–Trinajstić information content (AvgIpc) is 3.26. The molecule has 1 fully saturated rings. The first-order chi connectivity index (χ1) is 11.7. The first-order valence-corrected chi connectivity index (χ1v) is 9.09. The van der Waals surface area contributed by atoms with Crippen molar-refractivity contribution in [3.63, 3.8) is 0 Å². The van der Waals surface area contributed by atoms with Gasteiger partial charge in [-0.2, -0.15) is 4.37 Å². The van der Waals surface area contributed by atoms with Gasteiger partial charge in [0.2, 0.25) is 0 Å². The van der Waals surface area contributed by atoms with E-state index in [1.54, 1.807) is 7.11 Å². The molecule has 1 amide bonds. The third-order valence-electron chi connectivity index (χ3n) is 4.46. The molecule has 5 nitrogen and oxygen atoms in total. The van der Waals surface area contributed by atoms with Crippen LogP contribution in [0, 0.1) is 6.92 Å². The summed E-state index contributed by atoms with van der Waals surface area (Å²) < 4.78 is 9.43. The van der Waals surface area contributed by atoms with E-state index in [0.717, 1.165) is 36.6 Å². The molecule has 0 bridgehead atoms. The van der Waals surface area contributed by atoms with Gasteiger partial charge < -0.3 is 15.0 Å². The van der Waals surface area contributed by atoms with Gasteiger partial charge in [0.1, 0.15) is 5.75 Å². The molecule has 0 spiro atoms. The van der Waals surface area contributed by atoms with E-state index >= 15 is 0 Å². The number of nitrogens with zero attached hydrogens (tertiary/aromatic N) is 2. The second-order valence-corrected chi connectivity index (χ2v) is 6.75. The van der Waals surface area contributed by atoms with Crippen LogP contribution >= 0.6 is 11.5 Å². The molecule has 1 aromatic carbocycles. The topological polar surface area (TPSA) is 54.5 Å². The van der Waals surface area contributed by atoms with E-state index in [2.05, 4.69) is 14.6 Å². The van der Waals surface area contributed by atoms with Gasteiger partial charge in [0.25, 0.3) is 5.91 Å². The van der Waals surface area contributed by atoms with E-state index in [0.29, 0.717) is 5.56 Å². The van der Waals surface area contributed by atoms with Crippen molar-refractivity contribution >= 4 is 17.4 Å². The van der Waals surface area contributed by atoms with Crippen LogP contribution in [0.25, 0.3) is 0 Å². The molecule has 128 valence electrons. The Balaban J connectivity index is 1.77. The first-order valence-electron chi connectivity index (χ1n) is 8.25. The van der Waals surface area contributed by atoms with Crippen LogP contribution in [-0.2, 0) is 0 Å². The van der Waals surface area contributed by atoms with E-state index in [1.807, 2.05) is 36.6 Å². The van der Waals surface area contributed by atoms with E-state index in [9.17, 15) is 4.79 Å². The summed E-state index contributed by atoms with van der Waals surface area (Å²) in [6.45, 7) is 4.89. The monoisotopic (exact) mass is 345 g/mol. The maximum atomic E-state index is 12.6. The van der Waals surface area contributed by atoms with Crippen LogP contribution in [0.1, 0.15) is 40.5 Å². The Morgan fingerprint density at radius 2 is 2.04 bits per heavy atom. The fraction of sp³-hybridized carbons (Fsp3) is 0.444. The predicted octanol–water partition coefficient (Wildman–Crippen LogP) is 3.03. The van der Waals surface area contributed by atoms with Gasteiger partial charge in [-0.1, -0.05) is 12.1 Å². The van der Waals surface area contributed by atoms with Gasteiger partial charge in [-0.15, -0.1) is 0 Å². The SMILES string of the molecule is COc1ccc([C@@H](CN2CCCC2)NC(=O)c2csnc2C)cc1. The number of hydrogen-bond acceptors (Lipinski definition) is 5. The minimum Gasteiger partial charge on any atom is -0.497 e. The fourth-order valence-corrected chi connectivity index (χ4v) is 3.73. The third kappa shape index (κ3) is 3.94. The largest absolute Gasteiger partial charge is 0.497 e. The lowest BCUT2D eigenvalue weighted by atomic mass is 10.1. The first kappa shape index (κ1) is 16.9. The second kappa shape index (κ2) is 7.77. The highest BCUT2D eigenvalue weighted by Gasteiger charge is 2.22. The van der Waals surface area contributed by atoms with Crippen LogP contribution in [-0.4, -0.2) is 41.9 Å². The van der Waals surface area contributed by atoms with Gasteiger partial charge in [-0.05, 0) is 62.1 Å². The van der Waals surface area contributed by atoms with Crippen molar-refractivity contribution in [2.24, 2.45) is 0 Å². The summed E-state index contributed by atoms with van der Waals surface area (Å²) in [6.07, 6.45) is 2.47. The zero-order valence-corrected chi connectivity index (χ0v) is 14.9. The zero-order valence-electron chi connectivity index (χ0n) is 14.1. The number of methoxy groups -OCH3 is 1. The maximum Gasteiger partial charge on any atom is 0.254 e. The third-order valence-corrected chi connectivity index (χ3v) is 5.18. The Morgan fingerprint density at radius 3 is 2.62 bits per heavy atom. The Hall–Kier alpha value is -1.92. The van der Waals surface area contributed by atoms with Crippen molar-refractivity contribution in [2.45, 2.75) is 25.8 Å². The molecule has 1 N–H and O–H groups in total. The van der Waals surface area contributed by atoms with Crippen molar-refractivity contribution in [3.8, 4) is 5.75 Å². The Labute approximate surface area is 146 Å². The minimum absolute atomic E-state index is 0.0409. The minimum atomic E-state index is -0.0544. The van der Waals surface area contributed by atoms with Gasteiger partial charge in [-0.3, -0.25) is 4.79 Å². The smallest absolute Gasteiger partial charge is 0.254 e. The molecule has 3 rings (SSSR count). The molecule has 24 heavy (non-hydrogen) atoms. The number of hydrogen-bond donors (Lipinski definition) is 1. The standard InChI is InChI=1S/C18H23N3O2S/c1-13-16(12-24-20-13)18(22)19-17(11-21-9-3-4-10-21)14-5-7-15(23-2)8-6-14/h5-8,12,17H,3-4,9-11H2,1-2H3,(H,19,22)/t17-/m1/s1. The van der Waals surface area contributed by atoms with Crippen LogP contribution in [0.2, 0.25) is 0 Å². The molecule has 6 heteroatoms. The summed E-state index contributed by atoms with van der Waals surface area (Å²) in [5, 5.41) is 5.00. The molecular weight excluding hydrogens is 322 g/mol. The predicted molar refractivity (Wildman–Crippen MR) is 95.7 cm³/mol. The molecule has 1 saturated heterocycles. The summed E-state index contributed by atoms with van der Waals surface area (Å²) >= 11 is 1.32. The zero-order chi connectivity index (χ0) is 16.9. The molecule has 2 aromatic rings. The number of rotatable bonds is 6. The highest BCUT2D eigenvalue weighted by Crippen LogP contribution is 2.22. The summed E-state index contributed by atoms with van der Waals surface area (Å²) in [5.74, 6) is 0.768. The molecule has 1 atom stereocenters. The maximum absolute atomic E-state index is 12.6. The Kier molecular flexibility index (Phi) is 5.48. The second-order valence-electron chi connectivity index (χ2n) is 6.12. The average molecular weight is 345 g/mol. The lowest BCUT2D eigenvalue weighted by Gasteiger charge is -2.25. The molecule has 1 aromatic heterocycles. The van der Waals surface area contributed by atoms with Crippen LogP contribution in [0.4, 0.5) is 0 Å². The molecule has 0 aliphatic carbocycles. The van der Waals surface area contributed by atoms with Crippen molar-refractivity contribution in [3.05, 3.63) is 46.5 Å². The quantitative estimate of drug-likeness (QED) is 0.874. The van der Waals surface area contributed by atoms with Crippen molar-refractivity contribution in [1.82, 2.24) is 14.6 Å². The molecule has 1 aliphatic heterocycles. The number of benzene rings is 1. The van der Waals surface area contributed by atoms with E-state index in [-0.39, 0.29) is 11.9 Å². The number of nitrogens with one attached hydrogen (secondary N) is 1. The summed E-state index contributed by atoms with van der Waals surface area (Å²) in [7, 11) is 1.66. The normalized spacial score (nSPS) is 16.1. The molecule has 2 heterocycles. The van der Waals surface area contributed by atoms with Crippen LogP contribution in [0.15, 0.2) is 29.6 Å². The number of carbonyl (C=O) groups excluding carboxylic acids is 1. The van der Waals surface area contributed by atoms with Gasteiger partial charge in [-0.25, -0.2) is 0 Å².